The number of rotatable bonds is 4. The first-order valence-corrected chi connectivity index (χ1v) is 15.8. The fourth-order valence-corrected chi connectivity index (χ4v) is 9.03. The normalized spacial score (nSPS) is 22.7. The molecule has 2 fully saturated rings. The summed E-state index contributed by atoms with van der Waals surface area (Å²) in [4.78, 5) is 57.6. The Hall–Kier alpha value is -2.11. The molecule has 0 bridgehead atoms. The van der Waals surface area contributed by atoms with Crippen LogP contribution in [0.2, 0.25) is 10.0 Å². The molecule has 0 radical (unpaired) electrons. The topological polar surface area (TPSA) is 79.7 Å². The predicted octanol–water partition coefficient (Wildman–Crippen LogP) is 5.79. The van der Waals surface area contributed by atoms with E-state index >= 15 is 0 Å². The van der Waals surface area contributed by atoms with Gasteiger partial charge in [-0.05, 0) is 55.2 Å². The third-order valence-electron chi connectivity index (χ3n) is 7.45. The molecule has 2 saturated heterocycles. The number of nitrogens with zero attached hydrogens (tertiary/aromatic N) is 3. The number of carbonyl (C=O) groups excluding carboxylic acids is 3. The van der Waals surface area contributed by atoms with Gasteiger partial charge < -0.3 is 4.90 Å². The van der Waals surface area contributed by atoms with Crippen LogP contribution in [0.25, 0.3) is 0 Å². The predicted molar refractivity (Wildman–Crippen MR) is 157 cm³/mol. The van der Waals surface area contributed by atoms with Crippen LogP contribution in [0.1, 0.15) is 35.6 Å². The summed E-state index contributed by atoms with van der Waals surface area (Å²) in [6.45, 7) is 1.24. The summed E-state index contributed by atoms with van der Waals surface area (Å²) in [5, 5.41) is 0.342. The summed E-state index contributed by atoms with van der Waals surface area (Å²) in [7, 11) is 0. The maximum atomic E-state index is 14.0. The van der Waals surface area contributed by atoms with Crippen molar-refractivity contribution in [1.82, 2.24) is 9.47 Å². The number of imide groups is 1. The molecule has 39 heavy (non-hydrogen) atoms. The maximum absolute atomic E-state index is 14.0. The van der Waals surface area contributed by atoms with E-state index in [4.69, 9.17) is 23.2 Å². The summed E-state index contributed by atoms with van der Waals surface area (Å²) in [5.74, 6) is -2.30. The van der Waals surface area contributed by atoms with E-state index < -0.39 is 17.1 Å². The fraction of sp³-hybridized carbons (Fsp3) is 0.333. The van der Waals surface area contributed by atoms with E-state index in [0.717, 1.165) is 35.1 Å². The number of likely N-dealkylation sites (tertiary alicyclic amines) is 1. The second-order valence-corrected chi connectivity index (χ2v) is 13.6. The highest BCUT2D eigenvalue weighted by atomic mass is 79.9. The van der Waals surface area contributed by atoms with Gasteiger partial charge >= 0.3 is 4.87 Å². The van der Waals surface area contributed by atoms with Gasteiger partial charge in [-0.25, -0.2) is 4.90 Å². The lowest BCUT2D eigenvalue weighted by molar-refractivity contribution is -0.133. The van der Waals surface area contributed by atoms with Gasteiger partial charge in [-0.3, -0.25) is 23.7 Å². The van der Waals surface area contributed by atoms with Crippen molar-refractivity contribution in [2.45, 2.75) is 42.0 Å². The van der Waals surface area contributed by atoms with Crippen molar-refractivity contribution < 1.29 is 14.4 Å². The first-order valence-electron chi connectivity index (χ1n) is 12.5. The zero-order chi connectivity index (χ0) is 27.4. The number of thioether (sulfide) groups is 1. The number of anilines is 1. The average Bonchev–Trinajstić information content (AvgIpc) is 3.38. The van der Waals surface area contributed by atoms with Crippen molar-refractivity contribution in [2.24, 2.45) is 5.92 Å². The van der Waals surface area contributed by atoms with E-state index in [2.05, 4.69) is 15.9 Å². The van der Waals surface area contributed by atoms with Gasteiger partial charge in [0.1, 0.15) is 11.8 Å². The van der Waals surface area contributed by atoms with Crippen LogP contribution in [-0.4, -0.2) is 45.5 Å². The van der Waals surface area contributed by atoms with Gasteiger partial charge in [-0.15, -0.1) is 0 Å². The van der Waals surface area contributed by atoms with Crippen LogP contribution in [0, 0.1) is 5.92 Å². The highest BCUT2D eigenvalue weighted by molar-refractivity contribution is 9.10. The number of hydrogen-bond acceptors (Lipinski definition) is 6. The molecule has 6 rings (SSSR count). The molecule has 0 unspecified atom stereocenters. The molecular formula is C27H22BrCl2N3O4S2. The highest BCUT2D eigenvalue weighted by Crippen LogP contribution is 2.55. The Morgan fingerprint density at radius 2 is 1.69 bits per heavy atom. The van der Waals surface area contributed by atoms with Crippen molar-refractivity contribution in [3.05, 3.63) is 77.1 Å². The highest BCUT2D eigenvalue weighted by Gasteiger charge is 2.57. The van der Waals surface area contributed by atoms with E-state index in [1.54, 1.807) is 47.4 Å². The number of carbonyl (C=O) groups is 3. The molecular weight excluding hydrogens is 645 g/mol. The van der Waals surface area contributed by atoms with Crippen molar-refractivity contribution in [2.75, 3.05) is 18.0 Å². The molecule has 4 heterocycles. The van der Waals surface area contributed by atoms with Crippen molar-refractivity contribution in [3.63, 3.8) is 0 Å². The first-order chi connectivity index (χ1) is 18.8. The molecule has 3 amide bonds. The lowest BCUT2D eigenvalue weighted by atomic mass is 9.83. The molecule has 2 aromatic carbocycles. The Labute approximate surface area is 251 Å². The molecule has 3 aromatic rings. The summed E-state index contributed by atoms with van der Waals surface area (Å²) >= 11 is 18.6. The van der Waals surface area contributed by atoms with Gasteiger partial charge in [0, 0.05) is 28.4 Å². The fourth-order valence-electron chi connectivity index (χ4n) is 5.57. The molecule has 0 saturated carbocycles. The van der Waals surface area contributed by atoms with E-state index in [0.29, 0.717) is 39.3 Å². The minimum absolute atomic E-state index is 0.108. The molecule has 0 N–H and O–H groups in total. The molecule has 0 aliphatic carbocycles. The first kappa shape index (κ1) is 27.1. The number of piperidine rings is 1. The number of thiazole rings is 1. The van der Waals surface area contributed by atoms with Gasteiger partial charge in [0.15, 0.2) is 0 Å². The third-order valence-corrected chi connectivity index (χ3v) is 11.4. The summed E-state index contributed by atoms with van der Waals surface area (Å²) in [6, 6.07) is 12.2. The van der Waals surface area contributed by atoms with Gasteiger partial charge in [0.05, 0.1) is 26.7 Å². The van der Waals surface area contributed by atoms with Gasteiger partial charge in [0.2, 0.25) is 17.7 Å². The third kappa shape index (κ3) is 4.68. The van der Waals surface area contributed by atoms with Crippen LogP contribution < -0.4 is 9.77 Å². The molecule has 202 valence electrons. The summed E-state index contributed by atoms with van der Waals surface area (Å²) in [5.41, 5.74) is 1.05. The van der Waals surface area contributed by atoms with Crippen molar-refractivity contribution in [1.29, 1.82) is 0 Å². The Morgan fingerprint density at radius 3 is 2.41 bits per heavy atom. The zero-order valence-electron chi connectivity index (χ0n) is 20.4. The largest absolute Gasteiger partial charge is 0.341 e. The number of halogens is 3. The lowest BCUT2D eigenvalue weighted by Crippen LogP contribution is -2.39. The van der Waals surface area contributed by atoms with Crippen LogP contribution in [0.15, 0.2) is 56.8 Å². The van der Waals surface area contributed by atoms with Gasteiger partial charge in [-0.1, -0.05) is 74.4 Å². The van der Waals surface area contributed by atoms with E-state index in [-0.39, 0.29) is 34.2 Å². The number of hydrogen-bond donors (Lipinski definition) is 0. The minimum Gasteiger partial charge on any atom is -0.341 e. The minimum atomic E-state index is -0.793. The second kappa shape index (κ2) is 10.7. The Balaban J connectivity index is 1.46. The Morgan fingerprint density at radius 1 is 0.974 bits per heavy atom. The van der Waals surface area contributed by atoms with E-state index in [9.17, 15) is 19.2 Å². The van der Waals surface area contributed by atoms with E-state index in [1.165, 1.54) is 21.2 Å². The molecule has 1 aromatic heterocycles. The number of aromatic nitrogens is 1. The van der Waals surface area contributed by atoms with E-state index in [1.807, 2.05) is 0 Å². The second-order valence-electron chi connectivity index (χ2n) is 9.74. The lowest BCUT2D eigenvalue weighted by Gasteiger charge is -2.31. The van der Waals surface area contributed by atoms with Crippen molar-refractivity contribution >= 4 is 85.6 Å². The molecule has 12 heteroatoms. The summed E-state index contributed by atoms with van der Waals surface area (Å²) in [6.07, 6.45) is 2.97. The van der Waals surface area contributed by atoms with Crippen LogP contribution >= 0.6 is 62.2 Å². The van der Waals surface area contributed by atoms with Crippen LogP contribution in [0.4, 0.5) is 5.69 Å². The number of benzene rings is 2. The monoisotopic (exact) mass is 665 g/mol. The Kier molecular flexibility index (Phi) is 7.43. The molecule has 7 nitrogen and oxygen atoms in total. The number of fused-ring (bicyclic) bond motifs is 2. The average molecular weight is 667 g/mol. The standard InChI is InChI=1S/C27H22BrCl2N3O4S2/c28-14-7-9-15(10-8-14)33-24(35)20-19(16-5-4-6-17(29)21(16)30)23-26(38-22(20)25(33)36)32(27(37)39-23)13-18(34)31-11-2-1-3-12-31/h4-10,19-20,22H,1-3,11-13H2/t19-,20-,22+/m0/s1. The molecule has 3 aliphatic rings. The Bertz CT molecular complexity index is 1550. The molecule has 3 aliphatic heterocycles. The number of amides is 3. The molecule has 3 atom stereocenters. The van der Waals surface area contributed by atoms with Gasteiger partial charge in [0.25, 0.3) is 0 Å². The smallest absolute Gasteiger partial charge is 0.308 e. The molecule has 0 spiro atoms. The van der Waals surface area contributed by atoms with Crippen LogP contribution in [0.5, 0.6) is 0 Å². The quantitative estimate of drug-likeness (QED) is 0.330. The van der Waals surface area contributed by atoms with Crippen LogP contribution in [-0.2, 0) is 20.9 Å². The SMILES string of the molecule is O=C(Cn1c2c(sc1=O)[C@@H](c1cccc(Cl)c1Cl)[C@@H]1C(=O)N(c3ccc(Br)cc3)C(=O)[C@@H]1S2)N1CCCCC1. The van der Waals surface area contributed by atoms with Crippen LogP contribution in [0.3, 0.4) is 0 Å². The zero-order valence-corrected chi connectivity index (χ0v) is 25.2. The summed E-state index contributed by atoms with van der Waals surface area (Å²) < 4.78 is 2.29. The van der Waals surface area contributed by atoms with Crippen molar-refractivity contribution in [3.8, 4) is 0 Å². The maximum Gasteiger partial charge on any atom is 0.308 e. The van der Waals surface area contributed by atoms with Gasteiger partial charge in [-0.2, -0.15) is 0 Å².